The largest absolute Gasteiger partial charge is 0.288 e. The number of carbonyl (C=O) groups excluding carboxylic acids is 1. The average molecular weight is 340 g/mol. The molecule has 0 saturated carbocycles. The minimum atomic E-state index is -0.633. The van der Waals surface area contributed by atoms with Crippen LogP contribution < -0.4 is 0 Å². The van der Waals surface area contributed by atoms with E-state index in [-0.39, 0.29) is 5.78 Å². The Labute approximate surface area is 142 Å². The highest BCUT2D eigenvalue weighted by molar-refractivity contribution is 7.17. The topological polar surface area (TPSA) is 17.1 Å². The van der Waals surface area contributed by atoms with Crippen molar-refractivity contribution >= 4 is 23.2 Å². The predicted octanol–water partition coefficient (Wildman–Crippen LogP) is 5.90. The summed E-state index contributed by atoms with van der Waals surface area (Å²) >= 11 is 1.19. The molecule has 4 heteroatoms. The molecular formula is C20H14F2OS. The highest BCUT2D eigenvalue weighted by Crippen LogP contribution is 2.31. The first-order valence-corrected chi connectivity index (χ1v) is 8.19. The standard InChI is InChI=1S/C20H14F2OS/c1-13-2-4-14(5-3-13)6-9-18(23)20-11-10-19(24-20)16-8-7-15(21)12-17(16)22/h2-12H,1H3/b9-6+. The summed E-state index contributed by atoms with van der Waals surface area (Å²) in [6, 6.07) is 14.6. The molecule has 24 heavy (non-hydrogen) atoms. The van der Waals surface area contributed by atoms with Crippen molar-refractivity contribution in [2.75, 3.05) is 0 Å². The van der Waals surface area contributed by atoms with Crippen LogP contribution >= 0.6 is 11.3 Å². The van der Waals surface area contributed by atoms with E-state index in [1.807, 2.05) is 31.2 Å². The molecule has 0 aliphatic heterocycles. The molecule has 0 spiro atoms. The van der Waals surface area contributed by atoms with Crippen molar-refractivity contribution in [1.29, 1.82) is 0 Å². The van der Waals surface area contributed by atoms with Gasteiger partial charge in [-0.05, 0) is 42.8 Å². The monoisotopic (exact) mass is 340 g/mol. The molecule has 0 saturated heterocycles. The van der Waals surface area contributed by atoms with Gasteiger partial charge in [0.05, 0.1) is 4.88 Å². The third-order valence-corrected chi connectivity index (χ3v) is 4.68. The highest BCUT2D eigenvalue weighted by atomic mass is 32.1. The molecule has 1 aromatic heterocycles. The van der Waals surface area contributed by atoms with Gasteiger partial charge in [-0.2, -0.15) is 0 Å². The lowest BCUT2D eigenvalue weighted by Gasteiger charge is -1.99. The van der Waals surface area contributed by atoms with Gasteiger partial charge in [-0.3, -0.25) is 4.79 Å². The second-order valence-electron chi connectivity index (χ2n) is 5.40. The van der Waals surface area contributed by atoms with Crippen LogP contribution in [0.25, 0.3) is 16.5 Å². The van der Waals surface area contributed by atoms with Gasteiger partial charge in [0.15, 0.2) is 5.78 Å². The van der Waals surface area contributed by atoms with Gasteiger partial charge >= 0.3 is 0 Å². The normalized spacial score (nSPS) is 11.1. The number of halogens is 2. The summed E-state index contributed by atoms with van der Waals surface area (Å²) in [5, 5.41) is 0. The van der Waals surface area contributed by atoms with Crippen LogP contribution in [0.3, 0.4) is 0 Å². The van der Waals surface area contributed by atoms with E-state index < -0.39 is 11.6 Å². The van der Waals surface area contributed by atoms with Crippen molar-refractivity contribution in [3.8, 4) is 10.4 Å². The average Bonchev–Trinajstić information content (AvgIpc) is 3.04. The lowest BCUT2D eigenvalue weighted by molar-refractivity contribution is 0.105. The van der Waals surface area contributed by atoms with E-state index in [4.69, 9.17) is 0 Å². The SMILES string of the molecule is Cc1ccc(/C=C/C(=O)c2ccc(-c3ccc(F)cc3F)s2)cc1. The smallest absolute Gasteiger partial charge is 0.195 e. The number of benzene rings is 2. The van der Waals surface area contributed by atoms with E-state index in [1.54, 1.807) is 18.2 Å². The quantitative estimate of drug-likeness (QED) is 0.427. The molecule has 0 N–H and O–H groups in total. The number of rotatable bonds is 4. The summed E-state index contributed by atoms with van der Waals surface area (Å²) in [6.45, 7) is 2.00. The van der Waals surface area contributed by atoms with Crippen molar-refractivity contribution in [2.24, 2.45) is 0 Å². The van der Waals surface area contributed by atoms with Gasteiger partial charge < -0.3 is 0 Å². The number of aryl methyl sites for hydroxylation is 1. The number of thiophene rings is 1. The summed E-state index contributed by atoms with van der Waals surface area (Å²) < 4.78 is 26.8. The second kappa shape index (κ2) is 6.89. The first kappa shape index (κ1) is 16.3. The van der Waals surface area contributed by atoms with Crippen LogP contribution in [0, 0.1) is 18.6 Å². The van der Waals surface area contributed by atoms with Crippen LogP contribution in [0.4, 0.5) is 8.78 Å². The predicted molar refractivity (Wildman–Crippen MR) is 94.2 cm³/mol. The Morgan fingerprint density at radius 3 is 2.46 bits per heavy atom. The summed E-state index contributed by atoms with van der Waals surface area (Å²) in [5.74, 6) is -1.40. The maximum absolute atomic E-state index is 13.8. The van der Waals surface area contributed by atoms with Crippen molar-refractivity contribution in [2.45, 2.75) is 6.92 Å². The van der Waals surface area contributed by atoms with Crippen LogP contribution in [0.15, 0.2) is 60.7 Å². The fourth-order valence-electron chi connectivity index (χ4n) is 2.24. The molecule has 2 aromatic carbocycles. The lowest BCUT2D eigenvalue weighted by atomic mass is 10.1. The number of carbonyl (C=O) groups is 1. The number of hydrogen-bond donors (Lipinski definition) is 0. The molecule has 0 amide bonds. The third kappa shape index (κ3) is 3.66. The highest BCUT2D eigenvalue weighted by Gasteiger charge is 2.11. The summed E-state index contributed by atoms with van der Waals surface area (Å²) in [5.41, 5.74) is 2.39. The molecule has 0 aliphatic rings. The van der Waals surface area contributed by atoms with Gasteiger partial charge in [0.1, 0.15) is 11.6 Å². The summed E-state index contributed by atoms with van der Waals surface area (Å²) in [4.78, 5) is 13.3. The van der Waals surface area contributed by atoms with Crippen molar-refractivity contribution in [3.63, 3.8) is 0 Å². The molecule has 1 heterocycles. The molecule has 3 rings (SSSR count). The van der Waals surface area contributed by atoms with Crippen molar-refractivity contribution in [3.05, 3.63) is 88.3 Å². The molecule has 0 aliphatic carbocycles. The van der Waals surface area contributed by atoms with Gasteiger partial charge in [-0.1, -0.05) is 35.9 Å². The second-order valence-corrected chi connectivity index (χ2v) is 6.48. The van der Waals surface area contributed by atoms with E-state index in [0.29, 0.717) is 15.3 Å². The fraction of sp³-hybridized carbons (Fsp3) is 0.0500. The minimum Gasteiger partial charge on any atom is -0.288 e. The van der Waals surface area contributed by atoms with E-state index in [0.717, 1.165) is 17.2 Å². The van der Waals surface area contributed by atoms with Crippen LogP contribution in [-0.4, -0.2) is 5.78 Å². The molecule has 0 radical (unpaired) electrons. The maximum Gasteiger partial charge on any atom is 0.195 e. The van der Waals surface area contributed by atoms with Crippen LogP contribution in [0.1, 0.15) is 20.8 Å². The van der Waals surface area contributed by atoms with Gasteiger partial charge in [0, 0.05) is 16.5 Å². The zero-order valence-corrected chi connectivity index (χ0v) is 13.7. The Hall–Kier alpha value is -2.59. The Balaban J connectivity index is 1.79. The van der Waals surface area contributed by atoms with E-state index in [2.05, 4.69) is 0 Å². The van der Waals surface area contributed by atoms with Gasteiger partial charge in [0.2, 0.25) is 0 Å². The van der Waals surface area contributed by atoms with Crippen molar-refractivity contribution < 1.29 is 13.6 Å². The van der Waals surface area contributed by atoms with E-state index >= 15 is 0 Å². The molecule has 0 unspecified atom stereocenters. The molecule has 0 fully saturated rings. The van der Waals surface area contributed by atoms with E-state index in [9.17, 15) is 13.6 Å². The first-order valence-electron chi connectivity index (χ1n) is 7.37. The third-order valence-electron chi connectivity index (χ3n) is 3.55. The first-order chi connectivity index (χ1) is 11.5. The molecule has 0 atom stereocenters. The Kier molecular flexibility index (Phi) is 4.67. The molecular weight excluding hydrogens is 326 g/mol. The number of hydrogen-bond acceptors (Lipinski definition) is 2. The molecule has 3 aromatic rings. The van der Waals surface area contributed by atoms with E-state index in [1.165, 1.54) is 29.5 Å². The molecule has 1 nitrogen and oxygen atoms in total. The summed E-state index contributed by atoms with van der Waals surface area (Å²) in [6.07, 6.45) is 3.25. The Morgan fingerprint density at radius 2 is 1.75 bits per heavy atom. The maximum atomic E-state index is 13.8. The number of allylic oxidation sites excluding steroid dienone is 1. The number of ketones is 1. The fourth-order valence-corrected chi connectivity index (χ4v) is 3.19. The summed E-state index contributed by atoms with van der Waals surface area (Å²) in [7, 11) is 0. The molecule has 0 bridgehead atoms. The van der Waals surface area contributed by atoms with Gasteiger partial charge in [0.25, 0.3) is 0 Å². The van der Waals surface area contributed by atoms with Gasteiger partial charge in [-0.15, -0.1) is 11.3 Å². The Morgan fingerprint density at radius 1 is 1.00 bits per heavy atom. The zero-order valence-electron chi connectivity index (χ0n) is 12.9. The molecule has 120 valence electrons. The van der Waals surface area contributed by atoms with Crippen molar-refractivity contribution in [1.82, 2.24) is 0 Å². The Bertz CT molecular complexity index is 908. The minimum absolute atomic E-state index is 0.144. The van der Waals surface area contributed by atoms with Crippen LogP contribution in [0.2, 0.25) is 0 Å². The van der Waals surface area contributed by atoms with Crippen LogP contribution in [-0.2, 0) is 0 Å². The lowest BCUT2D eigenvalue weighted by Crippen LogP contribution is -1.88. The van der Waals surface area contributed by atoms with Crippen LogP contribution in [0.5, 0.6) is 0 Å². The zero-order chi connectivity index (χ0) is 17.1. The van der Waals surface area contributed by atoms with Gasteiger partial charge in [-0.25, -0.2) is 8.78 Å².